The molecule has 0 spiro atoms. The smallest absolute Gasteiger partial charge is 0.324 e. The van der Waals surface area contributed by atoms with Crippen molar-refractivity contribution < 1.29 is 9.59 Å². The van der Waals surface area contributed by atoms with E-state index in [9.17, 15) is 14.4 Å². The van der Waals surface area contributed by atoms with Crippen LogP contribution in [-0.4, -0.2) is 59.9 Å². The van der Waals surface area contributed by atoms with Gasteiger partial charge in [-0.25, -0.2) is 9.48 Å². The van der Waals surface area contributed by atoms with E-state index in [1.165, 1.54) is 0 Å². The van der Waals surface area contributed by atoms with Crippen LogP contribution in [0.3, 0.4) is 0 Å². The first-order valence-corrected chi connectivity index (χ1v) is 15.9. The van der Waals surface area contributed by atoms with Crippen molar-refractivity contribution in [3.63, 3.8) is 0 Å². The highest BCUT2D eigenvalue weighted by atomic mass is 16.2. The number of nitrogens with one attached hydrogen (secondary N) is 2. The minimum atomic E-state index is -0.701. The van der Waals surface area contributed by atoms with Gasteiger partial charge in [-0.3, -0.25) is 19.6 Å². The van der Waals surface area contributed by atoms with Crippen LogP contribution in [0.1, 0.15) is 81.2 Å². The SMILES string of the molecule is CCCCCc1c(Cc2ccc(-c3ccccc3-c3nn[nH]n3)cc2)c(=O)n2n1CCCC2C(=O)NC(=O)N1CCCCC1. The summed E-state index contributed by atoms with van der Waals surface area (Å²) < 4.78 is 3.66. The number of nitrogens with zero attached hydrogens (tertiary/aromatic N) is 6. The van der Waals surface area contributed by atoms with Gasteiger partial charge in [0.25, 0.3) is 11.5 Å². The summed E-state index contributed by atoms with van der Waals surface area (Å²) in [6, 6.07) is 15.1. The molecule has 1 atom stereocenters. The number of imide groups is 1. The molecule has 1 fully saturated rings. The van der Waals surface area contributed by atoms with Crippen molar-refractivity contribution in [1.29, 1.82) is 0 Å². The largest absolute Gasteiger partial charge is 0.324 e. The highest BCUT2D eigenvalue weighted by Gasteiger charge is 2.33. The summed E-state index contributed by atoms with van der Waals surface area (Å²) in [4.78, 5) is 42.1. The van der Waals surface area contributed by atoms with Gasteiger partial charge in [0.05, 0.1) is 0 Å². The van der Waals surface area contributed by atoms with E-state index in [2.05, 4.69) is 57.1 Å². The molecule has 2 aliphatic heterocycles. The molecule has 2 aromatic heterocycles. The number of fused-ring (bicyclic) bond motifs is 1. The molecule has 2 aromatic carbocycles. The third-order valence-electron chi connectivity index (χ3n) is 8.88. The molecule has 2 aliphatic rings. The minimum Gasteiger partial charge on any atom is -0.324 e. The summed E-state index contributed by atoms with van der Waals surface area (Å²) in [7, 11) is 0. The Bertz CT molecular complexity index is 1650. The fraction of sp³-hybridized carbons (Fsp3) is 0.455. The normalized spacial score (nSPS) is 16.5. The first-order chi connectivity index (χ1) is 21.5. The monoisotopic (exact) mass is 596 g/mol. The van der Waals surface area contributed by atoms with Gasteiger partial charge >= 0.3 is 6.03 Å². The fourth-order valence-corrected chi connectivity index (χ4v) is 6.59. The minimum absolute atomic E-state index is 0.131. The van der Waals surface area contributed by atoms with Crippen molar-refractivity contribution in [3.8, 4) is 22.5 Å². The van der Waals surface area contributed by atoms with Crippen molar-refractivity contribution in [2.24, 2.45) is 0 Å². The Kier molecular flexibility index (Phi) is 8.99. The van der Waals surface area contributed by atoms with E-state index in [1.807, 2.05) is 28.9 Å². The summed E-state index contributed by atoms with van der Waals surface area (Å²) in [6.45, 7) is 4.17. The zero-order valence-electron chi connectivity index (χ0n) is 25.3. The summed E-state index contributed by atoms with van der Waals surface area (Å²) in [5.41, 5.74) is 5.53. The number of piperidine rings is 1. The zero-order chi connectivity index (χ0) is 30.5. The van der Waals surface area contributed by atoms with E-state index in [-0.39, 0.29) is 11.6 Å². The van der Waals surface area contributed by atoms with Crippen molar-refractivity contribution >= 4 is 11.9 Å². The van der Waals surface area contributed by atoms with Gasteiger partial charge in [-0.2, -0.15) is 5.21 Å². The molecule has 44 heavy (non-hydrogen) atoms. The number of carbonyl (C=O) groups excluding carboxylic acids is 2. The van der Waals surface area contributed by atoms with Gasteiger partial charge in [-0.05, 0) is 66.8 Å². The average molecular weight is 597 g/mol. The molecule has 4 heterocycles. The fourth-order valence-electron chi connectivity index (χ4n) is 6.59. The number of rotatable bonds is 9. The number of aromatic amines is 1. The number of H-pyrrole nitrogens is 1. The number of benzene rings is 2. The third kappa shape index (κ3) is 6.09. The van der Waals surface area contributed by atoms with Crippen molar-refractivity contribution in [2.75, 3.05) is 13.1 Å². The summed E-state index contributed by atoms with van der Waals surface area (Å²) >= 11 is 0. The standard InChI is InChI=1S/C33H40N8O3/c1-2-3-5-13-28-27(22-23-15-17-24(18-16-23)25-11-6-7-12-26(25)30-35-37-38-36-30)32(43)41-29(14-10-21-40(28)41)31(42)34-33(44)39-19-8-4-9-20-39/h6-7,11-12,15-18,29H,2-5,8-10,13-14,19-22H2,1H3,(H,34,42,44)(H,35,36,37,38). The maximum atomic E-state index is 14.1. The number of aromatic nitrogens is 6. The van der Waals surface area contributed by atoms with E-state index in [0.29, 0.717) is 38.3 Å². The highest BCUT2D eigenvalue weighted by molar-refractivity contribution is 5.96. The predicted octanol–water partition coefficient (Wildman–Crippen LogP) is 4.88. The molecule has 0 radical (unpaired) electrons. The molecule has 1 unspecified atom stereocenters. The van der Waals surface area contributed by atoms with Gasteiger partial charge in [-0.15, -0.1) is 10.2 Å². The highest BCUT2D eigenvalue weighted by Crippen LogP contribution is 2.31. The number of hydrogen-bond acceptors (Lipinski definition) is 6. The molecule has 3 amide bonds. The summed E-state index contributed by atoms with van der Waals surface area (Å²) in [6.07, 6.45) is 8.69. The number of unbranched alkanes of at least 4 members (excludes halogenated alkanes) is 2. The van der Waals surface area contributed by atoms with Crippen LogP contribution in [0.2, 0.25) is 0 Å². The van der Waals surface area contributed by atoms with Crippen molar-refractivity contribution in [2.45, 2.75) is 83.7 Å². The van der Waals surface area contributed by atoms with Crippen LogP contribution in [-0.2, 0) is 24.2 Å². The van der Waals surface area contributed by atoms with Gasteiger partial charge in [0, 0.05) is 42.9 Å². The van der Waals surface area contributed by atoms with E-state index in [1.54, 1.807) is 9.58 Å². The first-order valence-electron chi connectivity index (χ1n) is 15.9. The Morgan fingerprint density at radius 2 is 1.73 bits per heavy atom. The second-order valence-electron chi connectivity index (χ2n) is 11.8. The lowest BCUT2D eigenvalue weighted by molar-refractivity contribution is -0.124. The summed E-state index contributed by atoms with van der Waals surface area (Å²) in [5, 5.41) is 17.1. The van der Waals surface area contributed by atoms with Gasteiger partial charge in [0.1, 0.15) is 6.04 Å². The molecule has 11 heteroatoms. The molecule has 4 aromatic rings. The van der Waals surface area contributed by atoms with Crippen LogP contribution in [0, 0.1) is 0 Å². The Hall–Kier alpha value is -4.54. The molecule has 0 bridgehead atoms. The predicted molar refractivity (Wildman–Crippen MR) is 167 cm³/mol. The van der Waals surface area contributed by atoms with E-state index < -0.39 is 11.9 Å². The molecule has 0 aliphatic carbocycles. The van der Waals surface area contributed by atoms with Crippen molar-refractivity contribution in [1.82, 2.24) is 40.2 Å². The first kappa shape index (κ1) is 29.5. The van der Waals surface area contributed by atoms with E-state index in [4.69, 9.17) is 0 Å². The quantitative estimate of drug-likeness (QED) is 0.265. The number of likely N-dealkylation sites (tertiary alicyclic amines) is 1. The van der Waals surface area contributed by atoms with Gasteiger partial charge < -0.3 is 4.90 Å². The van der Waals surface area contributed by atoms with Crippen LogP contribution >= 0.6 is 0 Å². The van der Waals surface area contributed by atoms with Crippen LogP contribution in [0.15, 0.2) is 53.3 Å². The lowest BCUT2D eigenvalue weighted by atomic mass is 9.96. The number of amides is 3. The van der Waals surface area contributed by atoms with Gasteiger partial charge in [0.15, 0.2) is 0 Å². The second kappa shape index (κ2) is 13.4. The average Bonchev–Trinajstić information content (AvgIpc) is 3.69. The second-order valence-corrected chi connectivity index (χ2v) is 11.8. The van der Waals surface area contributed by atoms with Gasteiger partial charge in [0.2, 0.25) is 5.82 Å². The summed E-state index contributed by atoms with van der Waals surface area (Å²) in [5.74, 6) is 0.141. The maximum absolute atomic E-state index is 14.1. The maximum Gasteiger partial charge on any atom is 0.324 e. The molecule has 2 N–H and O–H groups in total. The molecular weight excluding hydrogens is 556 g/mol. The number of hydrogen-bond donors (Lipinski definition) is 2. The lowest BCUT2D eigenvalue weighted by Gasteiger charge is -2.29. The number of tetrazole rings is 1. The Labute approximate surface area is 256 Å². The Morgan fingerprint density at radius 3 is 2.45 bits per heavy atom. The molecule has 230 valence electrons. The molecule has 1 saturated heterocycles. The molecule has 11 nitrogen and oxygen atoms in total. The van der Waals surface area contributed by atoms with E-state index in [0.717, 1.165) is 84.9 Å². The van der Waals surface area contributed by atoms with Crippen molar-refractivity contribution in [3.05, 3.63) is 75.7 Å². The lowest BCUT2D eigenvalue weighted by Crippen LogP contribution is -2.49. The zero-order valence-corrected chi connectivity index (χ0v) is 25.3. The van der Waals surface area contributed by atoms with Crippen LogP contribution in [0.4, 0.5) is 4.79 Å². The number of carbonyl (C=O) groups is 2. The molecular formula is C33H40N8O3. The van der Waals surface area contributed by atoms with E-state index >= 15 is 0 Å². The van der Waals surface area contributed by atoms with Crippen LogP contribution in [0.25, 0.3) is 22.5 Å². The Balaban J connectivity index is 1.28. The topological polar surface area (TPSA) is 131 Å². The third-order valence-corrected chi connectivity index (χ3v) is 8.88. The Morgan fingerprint density at radius 1 is 0.955 bits per heavy atom. The van der Waals surface area contributed by atoms with Crippen LogP contribution < -0.4 is 10.9 Å². The molecule has 0 saturated carbocycles. The molecule has 6 rings (SSSR count). The number of urea groups is 1. The van der Waals surface area contributed by atoms with Crippen LogP contribution in [0.5, 0.6) is 0 Å². The van der Waals surface area contributed by atoms with Gasteiger partial charge in [-0.1, -0.05) is 68.3 Å².